The zero-order valence-corrected chi connectivity index (χ0v) is 11.1. The van der Waals surface area contributed by atoms with Gasteiger partial charge in [0.15, 0.2) is 6.10 Å². The number of carbonyl (C=O) groups is 1. The van der Waals surface area contributed by atoms with Gasteiger partial charge >= 0.3 is 0 Å². The summed E-state index contributed by atoms with van der Waals surface area (Å²) in [7, 11) is 3.31. The minimum absolute atomic E-state index is 0.0834. The second kappa shape index (κ2) is 6.16. The van der Waals surface area contributed by atoms with E-state index in [-0.39, 0.29) is 5.91 Å². The highest BCUT2D eigenvalue weighted by molar-refractivity contribution is 5.96. The summed E-state index contributed by atoms with van der Waals surface area (Å²) in [5.41, 5.74) is 1.71. The van der Waals surface area contributed by atoms with Crippen LogP contribution in [0.25, 0.3) is 0 Å². The van der Waals surface area contributed by atoms with Gasteiger partial charge in [0.1, 0.15) is 0 Å². The molecule has 3 nitrogen and oxygen atoms in total. The fourth-order valence-corrected chi connectivity index (χ4v) is 1.96. The number of anilines is 1. The van der Waals surface area contributed by atoms with Gasteiger partial charge in [-0.25, -0.2) is 0 Å². The van der Waals surface area contributed by atoms with Crippen LogP contribution in [0.15, 0.2) is 60.7 Å². The van der Waals surface area contributed by atoms with E-state index in [9.17, 15) is 4.79 Å². The largest absolute Gasteiger partial charge is 0.367 e. The fraction of sp³-hybridized carbons (Fsp3) is 0.188. The highest BCUT2D eigenvalue weighted by Gasteiger charge is 2.24. The van der Waals surface area contributed by atoms with E-state index < -0.39 is 6.10 Å². The van der Waals surface area contributed by atoms with Crippen LogP contribution in [-0.4, -0.2) is 20.1 Å². The number of para-hydroxylation sites is 1. The Kier molecular flexibility index (Phi) is 4.31. The summed E-state index contributed by atoms with van der Waals surface area (Å²) in [6.07, 6.45) is -0.577. The van der Waals surface area contributed by atoms with Crippen LogP contribution in [0.2, 0.25) is 0 Å². The summed E-state index contributed by atoms with van der Waals surface area (Å²) < 4.78 is 5.35. The number of hydrogen-bond acceptors (Lipinski definition) is 2. The molecule has 0 saturated carbocycles. The first-order valence-electron chi connectivity index (χ1n) is 6.14. The highest BCUT2D eigenvalue weighted by Crippen LogP contribution is 2.22. The van der Waals surface area contributed by atoms with Crippen molar-refractivity contribution in [3.8, 4) is 0 Å². The number of rotatable bonds is 4. The Labute approximate surface area is 113 Å². The van der Waals surface area contributed by atoms with Gasteiger partial charge < -0.3 is 9.64 Å². The van der Waals surface area contributed by atoms with Crippen molar-refractivity contribution in [2.75, 3.05) is 19.1 Å². The van der Waals surface area contributed by atoms with Crippen molar-refractivity contribution in [3.05, 3.63) is 66.2 Å². The lowest BCUT2D eigenvalue weighted by Crippen LogP contribution is -2.32. The van der Waals surface area contributed by atoms with Gasteiger partial charge in [0.2, 0.25) is 0 Å². The van der Waals surface area contributed by atoms with Gasteiger partial charge in [-0.1, -0.05) is 48.5 Å². The molecule has 0 saturated heterocycles. The van der Waals surface area contributed by atoms with Gasteiger partial charge in [0, 0.05) is 19.8 Å². The van der Waals surface area contributed by atoms with Crippen molar-refractivity contribution in [1.29, 1.82) is 0 Å². The molecule has 0 aliphatic rings. The second-order valence-corrected chi connectivity index (χ2v) is 4.26. The molecule has 0 aliphatic heterocycles. The van der Waals surface area contributed by atoms with Gasteiger partial charge in [0.25, 0.3) is 5.91 Å². The van der Waals surface area contributed by atoms with Crippen molar-refractivity contribution in [1.82, 2.24) is 0 Å². The minimum atomic E-state index is -0.577. The average molecular weight is 255 g/mol. The molecule has 0 aliphatic carbocycles. The smallest absolute Gasteiger partial charge is 0.260 e. The van der Waals surface area contributed by atoms with Crippen molar-refractivity contribution in [2.45, 2.75) is 6.10 Å². The van der Waals surface area contributed by atoms with Gasteiger partial charge in [-0.15, -0.1) is 0 Å². The number of ether oxygens (including phenoxy) is 1. The fourth-order valence-electron chi connectivity index (χ4n) is 1.96. The predicted molar refractivity (Wildman–Crippen MR) is 76.0 cm³/mol. The normalized spacial score (nSPS) is 11.9. The molecule has 2 aromatic rings. The molecule has 1 atom stereocenters. The molecular formula is C16H17NO2. The Morgan fingerprint density at radius 3 is 2.05 bits per heavy atom. The Hall–Kier alpha value is -2.13. The third-order valence-corrected chi connectivity index (χ3v) is 3.04. The summed E-state index contributed by atoms with van der Waals surface area (Å²) >= 11 is 0. The van der Waals surface area contributed by atoms with E-state index >= 15 is 0 Å². The van der Waals surface area contributed by atoms with Crippen LogP contribution in [0, 0.1) is 0 Å². The Balaban J connectivity index is 2.22. The van der Waals surface area contributed by atoms with Crippen LogP contribution in [0.4, 0.5) is 5.69 Å². The highest BCUT2D eigenvalue weighted by atomic mass is 16.5. The van der Waals surface area contributed by atoms with Crippen molar-refractivity contribution < 1.29 is 9.53 Å². The lowest BCUT2D eigenvalue weighted by Gasteiger charge is -2.23. The number of carbonyl (C=O) groups excluding carboxylic acids is 1. The van der Waals surface area contributed by atoms with Gasteiger partial charge in [-0.05, 0) is 17.7 Å². The molecular weight excluding hydrogens is 238 g/mol. The summed E-state index contributed by atoms with van der Waals surface area (Å²) in [5, 5.41) is 0. The summed E-state index contributed by atoms with van der Waals surface area (Å²) in [5.74, 6) is -0.0834. The first-order chi connectivity index (χ1) is 9.24. The second-order valence-electron chi connectivity index (χ2n) is 4.26. The number of hydrogen-bond donors (Lipinski definition) is 0. The molecule has 2 rings (SSSR count). The number of amides is 1. The number of benzene rings is 2. The van der Waals surface area contributed by atoms with Crippen molar-refractivity contribution in [3.63, 3.8) is 0 Å². The SMILES string of the molecule is COC(C(=O)N(C)c1ccccc1)c1ccccc1. The molecule has 0 heterocycles. The van der Waals surface area contributed by atoms with Crippen LogP contribution in [0.1, 0.15) is 11.7 Å². The van der Waals surface area contributed by atoms with E-state index in [4.69, 9.17) is 4.74 Å². The van der Waals surface area contributed by atoms with Gasteiger partial charge in [-0.3, -0.25) is 4.79 Å². The molecule has 19 heavy (non-hydrogen) atoms. The number of likely N-dealkylation sites (N-methyl/N-ethyl adjacent to an activating group) is 1. The molecule has 0 N–H and O–H groups in total. The zero-order chi connectivity index (χ0) is 13.7. The Bertz CT molecular complexity index is 525. The van der Waals surface area contributed by atoms with Crippen LogP contribution < -0.4 is 4.90 Å². The third-order valence-electron chi connectivity index (χ3n) is 3.04. The molecule has 0 radical (unpaired) electrons. The first kappa shape index (κ1) is 13.3. The Morgan fingerprint density at radius 2 is 1.53 bits per heavy atom. The van der Waals surface area contributed by atoms with Crippen molar-refractivity contribution in [2.24, 2.45) is 0 Å². The monoisotopic (exact) mass is 255 g/mol. The molecule has 0 bridgehead atoms. The van der Waals surface area contributed by atoms with Crippen LogP contribution in [0.3, 0.4) is 0 Å². The van der Waals surface area contributed by atoms with E-state index in [1.807, 2.05) is 60.7 Å². The quantitative estimate of drug-likeness (QED) is 0.840. The van der Waals surface area contributed by atoms with E-state index in [1.165, 1.54) is 0 Å². The average Bonchev–Trinajstić information content (AvgIpc) is 2.49. The topological polar surface area (TPSA) is 29.5 Å². The summed E-state index contributed by atoms with van der Waals surface area (Å²) in [6.45, 7) is 0. The third kappa shape index (κ3) is 3.01. The molecule has 1 unspecified atom stereocenters. The minimum Gasteiger partial charge on any atom is -0.367 e. The van der Waals surface area contributed by atoms with Crippen molar-refractivity contribution >= 4 is 11.6 Å². The lowest BCUT2D eigenvalue weighted by atomic mass is 10.1. The van der Waals surface area contributed by atoms with Gasteiger partial charge in [0.05, 0.1) is 0 Å². The molecule has 98 valence electrons. The van der Waals surface area contributed by atoms with E-state index in [0.29, 0.717) is 0 Å². The molecule has 0 fully saturated rings. The molecule has 0 aromatic heterocycles. The standard InChI is InChI=1S/C16H17NO2/c1-17(14-11-7-4-8-12-14)16(18)15(19-2)13-9-5-3-6-10-13/h3-12,15H,1-2H3. The predicted octanol–water partition coefficient (Wildman–Crippen LogP) is 3.04. The van der Waals surface area contributed by atoms with Crippen LogP contribution in [0.5, 0.6) is 0 Å². The summed E-state index contributed by atoms with van der Waals surface area (Å²) in [6, 6.07) is 19.0. The van der Waals surface area contributed by atoms with E-state index in [2.05, 4.69) is 0 Å². The molecule has 1 amide bonds. The maximum atomic E-state index is 12.5. The zero-order valence-electron chi connectivity index (χ0n) is 11.1. The maximum absolute atomic E-state index is 12.5. The molecule has 0 spiro atoms. The number of nitrogens with zero attached hydrogens (tertiary/aromatic N) is 1. The van der Waals surface area contributed by atoms with E-state index in [0.717, 1.165) is 11.3 Å². The molecule has 3 heteroatoms. The van der Waals surface area contributed by atoms with Crippen LogP contribution >= 0.6 is 0 Å². The molecule has 2 aromatic carbocycles. The first-order valence-corrected chi connectivity index (χ1v) is 6.14. The number of methoxy groups -OCH3 is 1. The lowest BCUT2D eigenvalue weighted by molar-refractivity contribution is -0.128. The maximum Gasteiger partial charge on any atom is 0.260 e. The Morgan fingerprint density at radius 1 is 1.00 bits per heavy atom. The van der Waals surface area contributed by atoms with Gasteiger partial charge in [-0.2, -0.15) is 0 Å². The van der Waals surface area contributed by atoms with Crippen LogP contribution in [-0.2, 0) is 9.53 Å². The summed E-state index contributed by atoms with van der Waals surface area (Å²) in [4.78, 5) is 14.1. The van der Waals surface area contributed by atoms with E-state index in [1.54, 1.807) is 19.1 Å².